The molecule has 1 N–H and O–H groups in total. The Balaban J connectivity index is 2.66. The highest BCUT2D eigenvalue weighted by molar-refractivity contribution is 5.16. The number of ether oxygens (including phenoxy) is 1. The molecule has 0 aliphatic heterocycles. The van der Waals surface area contributed by atoms with Gasteiger partial charge in [0.25, 0.3) is 0 Å². The van der Waals surface area contributed by atoms with E-state index in [2.05, 4.69) is 9.97 Å². The lowest BCUT2D eigenvalue weighted by Crippen LogP contribution is -2.02. The van der Waals surface area contributed by atoms with Crippen molar-refractivity contribution in [2.45, 2.75) is 20.5 Å². The van der Waals surface area contributed by atoms with Crippen molar-refractivity contribution in [1.29, 1.82) is 0 Å². The molecule has 0 aliphatic rings. The van der Waals surface area contributed by atoms with Crippen LogP contribution in [0.3, 0.4) is 0 Å². The Morgan fingerprint density at radius 3 is 2.93 bits per heavy atom. The van der Waals surface area contributed by atoms with Gasteiger partial charge in [-0.15, -0.1) is 0 Å². The van der Waals surface area contributed by atoms with Crippen molar-refractivity contribution >= 4 is 0 Å². The number of rotatable bonds is 4. The van der Waals surface area contributed by atoms with Crippen molar-refractivity contribution in [2.24, 2.45) is 0 Å². The molecule has 0 aromatic carbocycles. The minimum atomic E-state index is -0.0407. The standard InChI is InChI=1S/C10H14N2O2/c1-3-4-5-14-10-11-6-9(7-13)8(2)12-10/h3-4,6,13H,5,7H2,1-2H3/b4-3+. The number of aryl methyl sites for hydroxylation is 1. The van der Waals surface area contributed by atoms with Crippen molar-refractivity contribution < 1.29 is 9.84 Å². The van der Waals surface area contributed by atoms with E-state index in [0.29, 0.717) is 12.6 Å². The Bertz CT molecular complexity index is 324. The van der Waals surface area contributed by atoms with Gasteiger partial charge in [0.15, 0.2) is 0 Å². The van der Waals surface area contributed by atoms with Gasteiger partial charge in [-0.3, -0.25) is 0 Å². The first kappa shape index (κ1) is 10.7. The lowest BCUT2D eigenvalue weighted by molar-refractivity contribution is 0.278. The average molecular weight is 194 g/mol. The fourth-order valence-corrected chi connectivity index (χ4v) is 0.914. The van der Waals surface area contributed by atoms with Crippen molar-refractivity contribution in [3.05, 3.63) is 29.6 Å². The van der Waals surface area contributed by atoms with Crippen LogP contribution in [0.1, 0.15) is 18.2 Å². The van der Waals surface area contributed by atoms with Crippen molar-refractivity contribution in [3.8, 4) is 6.01 Å². The number of nitrogens with zero attached hydrogens (tertiary/aromatic N) is 2. The van der Waals surface area contributed by atoms with Crippen LogP contribution in [0.25, 0.3) is 0 Å². The quantitative estimate of drug-likeness (QED) is 0.732. The lowest BCUT2D eigenvalue weighted by Gasteiger charge is -2.04. The zero-order valence-electron chi connectivity index (χ0n) is 8.40. The minimum Gasteiger partial charge on any atom is -0.459 e. The van der Waals surface area contributed by atoms with Gasteiger partial charge >= 0.3 is 6.01 Å². The SMILES string of the molecule is C/C=C/COc1ncc(CO)c(C)n1. The molecule has 4 nitrogen and oxygen atoms in total. The van der Waals surface area contributed by atoms with Gasteiger partial charge in [-0.25, -0.2) is 9.97 Å². The highest BCUT2D eigenvalue weighted by atomic mass is 16.5. The Kier molecular flexibility index (Phi) is 4.07. The fraction of sp³-hybridized carbons (Fsp3) is 0.400. The summed E-state index contributed by atoms with van der Waals surface area (Å²) in [6, 6.07) is 0.345. The van der Waals surface area contributed by atoms with Crippen LogP contribution in [0.15, 0.2) is 18.3 Å². The first-order chi connectivity index (χ1) is 6.77. The third-order valence-corrected chi connectivity index (χ3v) is 1.77. The summed E-state index contributed by atoms with van der Waals surface area (Å²) in [5.74, 6) is 0. The fourth-order valence-electron chi connectivity index (χ4n) is 0.914. The maximum absolute atomic E-state index is 8.89. The number of aliphatic hydroxyl groups excluding tert-OH is 1. The second-order valence-corrected chi connectivity index (χ2v) is 2.80. The van der Waals surface area contributed by atoms with Gasteiger partial charge in [0, 0.05) is 11.8 Å². The summed E-state index contributed by atoms with van der Waals surface area (Å²) >= 11 is 0. The average Bonchev–Trinajstić information content (AvgIpc) is 2.18. The number of allylic oxidation sites excluding steroid dienone is 1. The smallest absolute Gasteiger partial charge is 0.316 e. The topological polar surface area (TPSA) is 55.2 Å². The first-order valence-electron chi connectivity index (χ1n) is 4.45. The molecule has 1 heterocycles. The van der Waals surface area contributed by atoms with Crippen molar-refractivity contribution in [3.63, 3.8) is 0 Å². The molecule has 0 atom stereocenters. The Morgan fingerprint density at radius 2 is 2.36 bits per heavy atom. The van der Waals surface area contributed by atoms with Gasteiger partial charge in [-0.1, -0.05) is 12.2 Å². The van der Waals surface area contributed by atoms with E-state index in [4.69, 9.17) is 9.84 Å². The summed E-state index contributed by atoms with van der Waals surface area (Å²) < 4.78 is 5.24. The molecular formula is C10H14N2O2. The number of aliphatic hydroxyl groups is 1. The number of hydrogen-bond donors (Lipinski definition) is 1. The van der Waals surface area contributed by atoms with Crippen LogP contribution in [-0.2, 0) is 6.61 Å². The van der Waals surface area contributed by atoms with E-state index < -0.39 is 0 Å². The van der Waals surface area contributed by atoms with Gasteiger partial charge in [0.05, 0.1) is 12.3 Å². The van der Waals surface area contributed by atoms with Crippen molar-refractivity contribution in [2.75, 3.05) is 6.61 Å². The van der Waals surface area contributed by atoms with Crippen LogP contribution in [0.2, 0.25) is 0 Å². The second-order valence-electron chi connectivity index (χ2n) is 2.80. The molecule has 0 bridgehead atoms. The summed E-state index contributed by atoms with van der Waals surface area (Å²) in [5.41, 5.74) is 1.47. The third-order valence-electron chi connectivity index (χ3n) is 1.77. The van der Waals surface area contributed by atoms with Gasteiger partial charge in [-0.2, -0.15) is 0 Å². The molecule has 1 aromatic rings. The highest BCUT2D eigenvalue weighted by Crippen LogP contribution is 2.08. The Morgan fingerprint density at radius 1 is 1.57 bits per heavy atom. The first-order valence-corrected chi connectivity index (χ1v) is 4.45. The monoisotopic (exact) mass is 194 g/mol. The Hall–Kier alpha value is -1.42. The zero-order chi connectivity index (χ0) is 10.4. The summed E-state index contributed by atoms with van der Waals surface area (Å²) in [5, 5.41) is 8.89. The lowest BCUT2D eigenvalue weighted by atomic mass is 10.3. The normalized spacial score (nSPS) is 10.8. The molecule has 0 amide bonds. The predicted octanol–water partition coefficient (Wildman–Crippen LogP) is 1.23. The van der Waals surface area contributed by atoms with Crippen LogP contribution in [0.4, 0.5) is 0 Å². The summed E-state index contributed by atoms with van der Waals surface area (Å²) in [4.78, 5) is 8.04. The summed E-state index contributed by atoms with van der Waals surface area (Å²) in [7, 11) is 0. The van der Waals surface area contributed by atoms with E-state index in [-0.39, 0.29) is 6.61 Å². The molecule has 76 valence electrons. The Labute approximate surface area is 83.3 Å². The van der Waals surface area contributed by atoms with Crippen LogP contribution in [0, 0.1) is 6.92 Å². The molecule has 4 heteroatoms. The number of aromatic nitrogens is 2. The van der Waals surface area contributed by atoms with Crippen LogP contribution in [0.5, 0.6) is 6.01 Å². The summed E-state index contributed by atoms with van der Waals surface area (Å²) in [6.45, 7) is 4.16. The van der Waals surface area contributed by atoms with Gasteiger partial charge in [0.2, 0.25) is 0 Å². The molecule has 0 fully saturated rings. The molecular weight excluding hydrogens is 180 g/mol. The largest absolute Gasteiger partial charge is 0.459 e. The maximum atomic E-state index is 8.89. The molecule has 0 radical (unpaired) electrons. The van der Waals surface area contributed by atoms with E-state index in [9.17, 15) is 0 Å². The van der Waals surface area contributed by atoms with Crippen LogP contribution < -0.4 is 4.74 Å². The molecule has 0 unspecified atom stereocenters. The number of hydrogen-bond acceptors (Lipinski definition) is 4. The van der Waals surface area contributed by atoms with E-state index in [1.54, 1.807) is 6.20 Å². The maximum Gasteiger partial charge on any atom is 0.316 e. The van der Waals surface area contributed by atoms with Gasteiger partial charge < -0.3 is 9.84 Å². The molecule has 1 aromatic heterocycles. The van der Waals surface area contributed by atoms with Gasteiger partial charge in [-0.05, 0) is 13.8 Å². The van der Waals surface area contributed by atoms with Crippen LogP contribution in [-0.4, -0.2) is 21.7 Å². The van der Waals surface area contributed by atoms with E-state index >= 15 is 0 Å². The molecule has 0 spiro atoms. The zero-order valence-corrected chi connectivity index (χ0v) is 8.40. The molecule has 0 saturated heterocycles. The summed E-state index contributed by atoms with van der Waals surface area (Å²) in [6.07, 6.45) is 5.35. The second kappa shape index (κ2) is 5.34. The molecule has 0 aliphatic carbocycles. The van der Waals surface area contributed by atoms with E-state index in [1.165, 1.54) is 0 Å². The highest BCUT2D eigenvalue weighted by Gasteiger charge is 2.01. The molecule has 14 heavy (non-hydrogen) atoms. The van der Waals surface area contributed by atoms with Crippen LogP contribution >= 0.6 is 0 Å². The molecule has 1 rings (SSSR count). The third kappa shape index (κ3) is 2.81. The van der Waals surface area contributed by atoms with Crippen molar-refractivity contribution in [1.82, 2.24) is 9.97 Å². The van der Waals surface area contributed by atoms with E-state index in [0.717, 1.165) is 11.3 Å². The molecule has 0 saturated carbocycles. The van der Waals surface area contributed by atoms with E-state index in [1.807, 2.05) is 26.0 Å². The van der Waals surface area contributed by atoms with Gasteiger partial charge in [0.1, 0.15) is 6.61 Å². The predicted molar refractivity (Wildman–Crippen MR) is 53.0 cm³/mol. The minimum absolute atomic E-state index is 0.0407.